The van der Waals surface area contributed by atoms with Gasteiger partial charge in [-0.2, -0.15) is 0 Å². The van der Waals surface area contributed by atoms with E-state index < -0.39 is 0 Å². The molecule has 174 valence electrons. The van der Waals surface area contributed by atoms with Gasteiger partial charge in [-0.25, -0.2) is 4.99 Å². The van der Waals surface area contributed by atoms with Crippen molar-refractivity contribution in [2.24, 2.45) is 4.99 Å². The Labute approximate surface area is 217 Å². The lowest BCUT2D eigenvalue weighted by molar-refractivity contribution is -0.115. The Kier molecular flexibility index (Phi) is 6.82. The Morgan fingerprint density at radius 2 is 1.69 bits per heavy atom. The number of amides is 1. The molecular formula is C28H20Cl2N2O2S. The monoisotopic (exact) mass is 518 g/mol. The number of nitrogens with zero attached hydrogens (tertiary/aromatic N) is 1. The predicted molar refractivity (Wildman–Crippen MR) is 147 cm³/mol. The second-order valence-electron chi connectivity index (χ2n) is 8.06. The van der Waals surface area contributed by atoms with Gasteiger partial charge in [-0.05, 0) is 70.9 Å². The Morgan fingerprint density at radius 3 is 2.46 bits per heavy atom. The highest BCUT2D eigenvalue weighted by molar-refractivity contribution is 8.18. The minimum Gasteiger partial charge on any atom is -0.486 e. The topological polar surface area (TPSA) is 50.7 Å². The average molecular weight is 519 g/mol. The zero-order chi connectivity index (χ0) is 24.4. The number of halogens is 2. The summed E-state index contributed by atoms with van der Waals surface area (Å²) in [6.45, 7) is 2.35. The SMILES string of the molecule is Cc1ccc(N=C2NC(=O)/C(=C/c3cc(Cl)c(OCc4cccc5ccccc45)c(Cl)c3)S2)cc1. The van der Waals surface area contributed by atoms with E-state index in [2.05, 4.69) is 28.5 Å². The van der Waals surface area contributed by atoms with Crippen LogP contribution >= 0.6 is 35.0 Å². The predicted octanol–water partition coefficient (Wildman–Crippen LogP) is 7.93. The van der Waals surface area contributed by atoms with Crippen LogP contribution in [0.3, 0.4) is 0 Å². The van der Waals surface area contributed by atoms with Gasteiger partial charge in [0.2, 0.25) is 0 Å². The Bertz CT molecular complexity index is 1470. The standard InChI is InChI=1S/C28H20Cl2N2O2S/c1-17-9-11-21(12-10-17)31-28-32-27(33)25(35-28)15-18-13-23(29)26(24(30)14-18)34-16-20-7-4-6-19-5-2-3-8-22(19)20/h2-15H,16H2,1H3,(H,31,32,33)/b25-15-. The number of aliphatic imine (C=N–C) groups is 1. The molecule has 1 saturated heterocycles. The van der Waals surface area contributed by atoms with Crippen molar-refractivity contribution in [1.29, 1.82) is 0 Å². The normalized spacial score (nSPS) is 15.7. The van der Waals surface area contributed by atoms with Gasteiger partial charge in [0.05, 0.1) is 20.6 Å². The quantitative estimate of drug-likeness (QED) is 0.273. The van der Waals surface area contributed by atoms with Gasteiger partial charge >= 0.3 is 0 Å². The first-order chi connectivity index (χ1) is 17.0. The number of carbonyl (C=O) groups excluding carboxylic acids is 1. The van der Waals surface area contributed by atoms with E-state index >= 15 is 0 Å². The molecule has 1 aliphatic rings. The van der Waals surface area contributed by atoms with Crippen LogP contribution in [0.15, 0.2) is 88.8 Å². The fourth-order valence-electron chi connectivity index (χ4n) is 3.74. The van der Waals surface area contributed by atoms with Crippen molar-refractivity contribution in [3.8, 4) is 5.75 Å². The van der Waals surface area contributed by atoms with Crippen LogP contribution in [0.25, 0.3) is 16.8 Å². The molecule has 4 aromatic carbocycles. The molecule has 4 aromatic rings. The summed E-state index contributed by atoms with van der Waals surface area (Å²) >= 11 is 14.3. The maximum absolute atomic E-state index is 12.5. The molecule has 7 heteroatoms. The van der Waals surface area contributed by atoms with E-state index in [1.54, 1.807) is 18.2 Å². The summed E-state index contributed by atoms with van der Waals surface area (Å²) in [4.78, 5) is 17.5. The van der Waals surface area contributed by atoms with Crippen LogP contribution in [-0.4, -0.2) is 11.1 Å². The minimum atomic E-state index is -0.218. The first-order valence-corrected chi connectivity index (χ1v) is 12.5. The summed E-state index contributed by atoms with van der Waals surface area (Å²) in [6, 6.07) is 25.5. The first kappa shape index (κ1) is 23.5. The number of amidine groups is 1. The van der Waals surface area contributed by atoms with E-state index in [9.17, 15) is 4.79 Å². The molecule has 0 aromatic heterocycles. The molecule has 1 N–H and O–H groups in total. The van der Waals surface area contributed by atoms with Crippen molar-refractivity contribution in [2.75, 3.05) is 0 Å². The molecule has 0 bridgehead atoms. The Hall–Kier alpha value is -3.25. The number of nitrogens with one attached hydrogen (secondary N) is 1. The van der Waals surface area contributed by atoms with Gasteiger partial charge in [-0.3, -0.25) is 4.79 Å². The van der Waals surface area contributed by atoms with Crippen molar-refractivity contribution in [3.05, 3.63) is 111 Å². The largest absolute Gasteiger partial charge is 0.486 e. The second kappa shape index (κ2) is 10.2. The van der Waals surface area contributed by atoms with E-state index in [-0.39, 0.29) is 5.91 Å². The third kappa shape index (κ3) is 5.38. The number of benzene rings is 4. The summed E-state index contributed by atoms with van der Waals surface area (Å²) in [7, 11) is 0. The van der Waals surface area contributed by atoms with Crippen LogP contribution in [0, 0.1) is 6.92 Å². The number of ether oxygens (including phenoxy) is 1. The molecule has 0 saturated carbocycles. The Morgan fingerprint density at radius 1 is 0.971 bits per heavy atom. The van der Waals surface area contributed by atoms with Crippen molar-refractivity contribution in [2.45, 2.75) is 13.5 Å². The molecule has 5 rings (SSSR count). The number of carbonyl (C=O) groups is 1. The van der Waals surface area contributed by atoms with Gasteiger partial charge in [-0.15, -0.1) is 0 Å². The molecular weight excluding hydrogens is 499 g/mol. The van der Waals surface area contributed by atoms with Crippen molar-refractivity contribution in [3.63, 3.8) is 0 Å². The molecule has 1 aliphatic heterocycles. The molecule has 0 radical (unpaired) electrons. The number of fused-ring (bicyclic) bond motifs is 1. The number of hydrogen-bond donors (Lipinski definition) is 1. The van der Waals surface area contributed by atoms with Crippen LogP contribution in [0.5, 0.6) is 5.75 Å². The maximum atomic E-state index is 12.5. The first-order valence-electron chi connectivity index (χ1n) is 10.9. The van der Waals surface area contributed by atoms with Gasteiger partial charge in [0.25, 0.3) is 5.91 Å². The number of thioether (sulfide) groups is 1. The molecule has 1 amide bonds. The highest BCUT2D eigenvalue weighted by Gasteiger charge is 2.24. The van der Waals surface area contributed by atoms with Crippen molar-refractivity contribution >= 4 is 68.6 Å². The van der Waals surface area contributed by atoms with Gasteiger partial charge in [0.15, 0.2) is 10.9 Å². The molecule has 0 atom stereocenters. The highest BCUT2D eigenvalue weighted by Crippen LogP contribution is 2.37. The summed E-state index contributed by atoms with van der Waals surface area (Å²) < 4.78 is 6.01. The molecule has 1 fully saturated rings. The molecule has 35 heavy (non-hydrogen) atoms. The Balaban J connectivity index is 1.34. The zero-order valence-corrected chi connectivity index (χ0v) is 21.0. The lowest BCUT2D eigenvalue weighted by atomic mass is 10.1. The molecule has 4 nitrogen and oxygen atoms in total. The second-order valence-corrected chi connectivity index (χ2v) is 9.90. The fourth-order valence-corrected chi connectivity index (χ4v) is 5.19. The maximum Gasteiger partial charge on any atom is 0.264 e. The van der Waals surface area contributed by atoms with Crippen molar-refractivity contribution < 1.29 is 9.53 Å². The lowest BCUT2D eigenvalue weighted by Gasteiger charge is -2.12. The van der Waals surface area contributed by atoms with E-state index in [0.717, 1.165) is 27.6 Å². The molecule has 0 spiro atoms. The average Bonchev–Trinajstić information content (AvgIpc) is 3.18. The van der Waals surface area contributed by atoms with E-state index in [4.69, 9.17) is 27.9 Å². The summed E-state index contributed by atoms with van der Waals surface area (Å²) in [5.74, 6) is 0.193. The number of hydrogen-bond acceptors (Lipinski definition) is 4. The summed E-state index contributed by atoms with van der Waals surface area (Å²) in [6.07, 6.45) is 1.74. The molecule has 0 aliphatic carbocycles. The smallest absolute Gasteiger partial charge is 0.264 e. The van der Waals surface area contributed by atoms with Crippen LogP contribution in [0.1, 0.15) is 16.7 Å². The van der Waals surface area contributed by atoms with E-state index in [1.165, 1.54) is 11.8 Å². The summed E-state index contributed by atoms with van der Waals surface area (Å²) in [5.41, 5.74) is 3.67. The van der Waals surface area contributed by atoms with Crippen LogP contribution in [-0.2, 0) is 11.4 Å². The number of aryl methyl sites for hydroxylation is 1. The van der Waals surface area contributed by atoms with Gasteiger partial charge < -0.3 is 10.1 Å². The molecule has 0 unspecified atom stereocenters. The lowest BCUT2D eigenvalue weighted by Crippen LogP contribution is -2.19. The zero-order valence-electron chi connectivity index (χ0n) is 18.7. The van der Waals surface area contributed by atoms with Crippen LogP contribution in [0.4, 0.5) is 5.69 Å². The third-order valence-corrected chi connectivity index (χ3v) is 6.96. The van der Waals surface area contributed by atoms with Crippen molar-refractivity contribution in [1.82, 2.24) is 5.32 Å². The van der Waals surface area contributed by atoms with Gasteiger partial charge in [-0.1, -0.05) is 83.4 Å². The van der Waals surface area contributed by atoms with Crippen LogP contribution in [0.2, 0.25) is 10.0 Å². The van der Waals surface area contributed by atoms with Crippen LogP contribution < -0.4 is 10.1 Å². The van der Waals surface area contributed by atoms with E-state index in [0.29, 0.717) is 38.0 Å². The number of rotatable bonds is 5. The van der Waals surface area contributed by atoms with Gasteiger partial charge in [0, 0.05) is 0 Å². The van der Waals surface area contributed by atoms with E-state index in [1.807, 2.05) is 55.5 Å². The molecule has 1 heterocycles. The van der Waals surface area contributed by atoms with Gasteiger partial charge in [0.1, 0.15) is 6.61 Å². The highest BCUT2D eigenvalue weighted by atomic mass is 35.5. The fraction of sp³-hybridized carbons (Fsp3) is 0.0714. The third-order valence-electron chi connectivity index (χ3n) is 5.49. The summed E-state index contributed by atoms with van der Waals surface area (Å²) in [5, 5.41) is 6.34. The minimum absolute atomic E-state index is 0.218.